The van der Waals surface area contributed by atoms with Crippen LogP contribution in [0.15, 0.2) is 43.0 Å². The van der Waals surface area contributed by atoms with Crippen LogP contribution in [0.1, 0.15) is 55.5 Å². The number of fused-ring (bicyclic) bond motifs is 3. The van der Waals surface area contributed by atoms with Gasteiger partial charge in [-0.25, -0.2) is 14.6 Å². The highest BCUT2D eigenvalue weighted by atomic mass is 32.1. The quantitative estimate of drug-likeness (QED) is 0.326. The summed E-state index contributed by atoms with van der Waals surface area (Å²) in [7, 11) is 0. The van der Waals surface area contributed by atoms with Crippen molar-refractivity contribution in [2.24, 2.45) is 0 Å². The van der Waals surface area contributed by atoms with E-state index in [9.17, 15) is 0 Å². The number of benzene rings is 1. The lowest BCUT2D eigenvalue weighted by atomic mass is 9.97. The Morgan fingerprint density at radius 2 is 1.82 bits per heavy atom. The highest BCUT2D eigenvalue weighted by molar-refractivity contribution is 7.19. The first kappa shape index (κ1) is 22.0. The zero-order chi connectivity index (χ0) is 22.6. The van der Waals surface area contributed by atoms with Gasteiger partial charge in [-0.15, -0.1) is 11.3 Å². The third-order valence-electron chi connectivity index (χ3n) is 6.28. The molecule has 3 aromatic heterocycles. The van der Waals surface area contributed by atoms with Gasteiger partial charge in [0.1, 0.15) is 17.0 Å². The summed E-state index contributed by atoms with van der Waals surface area (Å²) < 4.78 is 1.92. The molecule has 0 fully saturated rings. The summed E-state index contributed by atoms with van der Waals surface area (Å²) in [6, 6.07) is 8.74. The minimum absolute atomic E-state index is 0.890. The minimum atomic E-state index is 0.890. The molecule has 0 saturated carbocycles. The molecule has 0 unspecified atom stereocenters. The van der Waals surface area contributed by atoms with E-state index in [2.05, 4.69) is 63.4 Å². The molecule has 0 spiro atoms. The van der Waals surface area contributed by atoms with Crippen molar-refractivity contribution in [3.05, 3.63) is 59.0 Å². The first-order valence-corrected chi connectivity index (χ1v) is 13.0. The van der Waals surface area contributed by atoms with E-state index in [-0.39, 0.29) is 0 Å². The molecule has 0 amide bonds. The van der Waals surface area contributed by atoms with Crippen LogP contribution < -0.4 is 5.32 Å². The summed E-state index contributed by atoms with van der Waals surface area (Å²) in [6.07, 6.45) is 12.7. The molecular formula is C26H32N6S. The molecule has 5 rings (SSSR count). The van der Waals surface area contributed by atoms with Crippen molar-refractivity contribution in [3.8, 4) is 5.69 Å². The first-order valence-electron chi connectivity index (χ1n) is 12.1. The number of thiophene rings is 1. The zero-order valence-electron chi connectivity index (χ0n) is 19.5. The van der Waals surface area contributed by atoms with Crippen molar-refractivity contribution in [1.82, 2.24) is 24.6 Å². The Morgan fingerprint density at radius 3 is 2.61 bits per heavy atom. The lowest BCUT2D eigenvalue weighted by molar-refractivity contribution is 0.266. The number of aromatic nitrogens is 4. The van der Waals surface area contributed by atoms with E-state index < -0.39 is 0 Å². The largest absolute Gasteiger partial charge is 0.337 e. The highest BCUT2D eigenvalue weighted by Crippen LogP contribution is 2.38. The van der Waals surface area contributed by atoms with Gasteiger partial charge >= 0.3 is 0 Å². The number of hydrogen-bond acceptors (Lipinski definition) is 6. The second kappa shape index (κ2) is 10.0. The minimum Gasteiger partial charge on any atom is -0.337 e. The fourth-order valence-corrected chi connectivity index (χ4v) is 5.99. The number of hydrogen-bond donors (Lipinski definition) is 1. The summed E-state index contributed by atoms with van der Waals surface area (Å²) in [4.78, 5) is 14.2. The van der Waals surface area contributed by atoms with Gasteiger partial charge in [0.15, 0.2) is 0 Å². The fraction of sp³-hybridized carbons (Fsp3) is 0.423. The van der Waals surface area contributed by atoms with Gasteiger partial charge in [0.05, 0.1) is 29.2 Å². The lowest BCUT2D eigenvalue weighted by Crippen LogP contribution is -2.24. The van der Waals surface area contributed by atoms with Crippen LogP contribution in [0.4, 0.5) is 11.5 Å². The van der Waals surface area contributed by atoms with E-state index in [1.54, 1.807) is 6.33 Å². The second-order valence-electron chi connectivity index (χ2n) is 8.85. The molecule has 6 nitrogen and oxygen atoms in total. The smallest absolute Gasteiger partial charge is 0.142 e. The van der Waals surface area contributed by atoms with Gasteiger partial charge in [0.25, 0.3) is 0 Å². The van der Waals surface area contributed by atoms with Gasteiger partial charge < -0.3 is 5.32 Å². The van der Waals surface area contributed by atoms with Gasteiger partial charge in [0.2, 0.25) is 0 Å². The Labute approximate surface area is 199 Å². The Balaban J connectivity index is 1.32. The van der Waals surface area contributed by atoms with Crippen molar-refractivity contribution in [1.29, 1.82) is 0 Å². The van der Waals surface area contributed by atoms with Crippen LogP contribution in [-0.4, -0.2) is 37.7 Å². The van der Waals surface area contributed by atoms with Crippen molar-refractivity contribution >= 4 is 33.1 Å². The number of rotatable bonds is 9. The normalized spacial score (nSPS) is 13.5. The number of aryl methyl sites for hydroxylation is 2. The van der Waals surface area contributed by atoms with Crippen LogP contribution in [0.3, 0.4) is 0 Å². The van der Waals surface area contributed by atoms with Crippen molar-refractivity contribution in [3.63, 3.8) is 0 Å². The summed E-state index contributed by atoms with van der Waals surface area (Å²) in [5.74, 6) is 0.890. The standard InChI is InChI=1S/C26H32N6S/c1-3-13-31(14-4-2)16-19-9-11-21(12-10-19)32-17-20(15-29-32)30-25-24-22-7-5-6-8-23(22)33-26(24)28-18-27-25/h9-12,15,17-18H,3-8,13-14,16H2,1-2H3,(H,27,28,30). The van der Waals surface area contributed by atoms with Crippen LogP contribution in [0, 0.1) is 0 Å². The van der Waals surface area contributed by atoms with Crippen LogP contribution >= 0.6 is 11.3 Å². The van der Waals surface area contributed by atoms with Gasteiger partial charge in [-0.1, -0.05) is 26.0 Å². The molecule has 4 aromatic rings. The van der Waals surface area contributed by atoms with E-state index >= 15 is 0 Å². The molecule has 0 saturated heterocycles. The third-order valence-corrected chi connectivity index (χ3v) is 7.48. The topological polar surface area (TPSA) is 58.9 Å². The maximum Gasteiger partial charge on any atom is 0.142 e. The van der Waals surface area contributed by atoms with Crippen LogP contribution in [0.2, 0.25) is 0 Å². The van der Waals surface area contributed by atoms with E-state index in [1.807, 2.05) is 28.4 Å². The van der Waals surface area contributed by atoms with E-state index in [4.69, 9.17) is 0 Å². The van der Waals surface area contributed by atoms with Gasteiger partial charge in [-0.05, 0) is 74.9 Å². The van der Waals surface area contributed by atoms with Gasteiger partial charge in [-0.2, -0.15) is 5.10 Å². The molecular weight excluding hydrogens is 428 g/mol. The molecule has 1 aliphatic rings. The Bertz CT molecular complexity index is 1200. The summed E-state index contributed by atoms with van der Waals surface area (Å²) in [5.41, 5.74) is 4.78. The van der Waals surface area contributed by atoms with E-state index in [0.717, 1.165) is 48.1 Å². The number of anilines is 2. The SMILES string of the molecule is CCCN(CCC)Cc1ccc(-n2cc(Nc3ncnc4sc5c(c34)CCCC5)cn2)cc1. The first-order chi connectivity index (χ1) is 16.2. The Hall–Kier alpha value is -2.77. The van der Waals surface area contributed by atoms with E-state index in [1.165, 1.54) is 53.5 Å². The average Bonchev–Trinajstić information content (AvgIpc) is 3.45. The number of nitrogens with one attached hydrogen (secondary N) is 1. The Morgan fingerprint density at radius 1 is 1.03 bits per heavy atom. The molecule has 0 aliphatic heterocycles. The van der Waals surface area contributed by atoms with Crippen LogP contribution in [0.25, 0.3) is 15.9 Å². The molecule has 3 heterocycles. The molecule has 1 aromatic carbocycles. The molecule has 1 N–H and O–H groups in total. The Kier molecular flexibility index (Phi) is 6.69. The highest BCUT2D eigenvalue weighted by Gasteiger charge is 2.20. The molecule has 0 radical (unpaired) electrons. The predicted octanol–water partition coefficient (Wildman–Crippen LogP) is 6.12. The van der Waals surface area contributed by atoms with Gasteiger partial charge in [0, 0.05) is 11.4 Å². The molecule has 0 bridgehead atoms. The molecule has 7 heteroatoms. The molecule has 0 atom stereocenters. The third kappa shape index (κ3) is 4.80. The number of nitrogens with zero attached hydrogens (tertiary/aromatic N) is 5. The van der Waals surface area contributed by atoms with Crippen molar-refractivity contribution in [2.75, 3.05) is 18.4 Å². The van der Waals surface area contributed by atoms with Crippen LogP contribution in [0.5, 0.6) is 0 Å². The molecule has 1 aliphatic carbocycles. The predicted molar refractivity (Wildman–Crippen MR) is 137 cm³/mol. The maximum absolute atomic E-state index is 4.59. The molecule has 172 valence electrons. The zero-order valence-corrected chi connectivity index (χ0v) is 20.4. The monoisotopic (exact) mass is 460 g/mol. The summed E-state index contributed by atoms with van der Waals surface area (Å²) in [5, 5.41) is 9.29. The van der Waals surface area contributed by atoms with Crippen molar-refractivity contribution < 1.29 is 0 Å². The van der Waals surface area contributed by atoms with Crippen LogP contribution in [-0.2, 0) is 19.4 Å². The van der Waals surface area contributed by atoms with Gasteiger partial charge in [-0.3, -0.25) is 4.90 Å². The summed E-state index contributed by atoms with van der Waals surface area (Å²) in [6.45, 7) is 7.78. The van der Waals surface area contributed by atoms with E-state index in [0.29, 0.717) is 0 Å². The average molecular weight is 461 g/mol. The molecule has 33 heavy (non-hydrogen) atoms. The summed E-state index contributed by atoms with van der Waals surface area (Å²) >= 11 is 1.82. The lowest BCUT2D eigenvalue weighted by Gasteiger charge is -2.21. The van der Waals surface area contributed by atoms with Crippen molar-refractivity contribution in [2.45, 2.75) is 58.9 Å². The fourth-order valence-electron chi connectivity index (χ4n) is 4.76. The second-order valence-corrected chi connectivity index (χ2v) is 9.94. The maximum atomic E-state index is 4.59.